The summed E-state index contributed by atoms with van der Waals surface area (Å²) in [6.07, 6.45) is 0.946. The summed E-state index contributed by atoms with van der Waals surface area (Å²) in [4.78, 5) is 0. The Labute approximate surface area is 129 Å². The molecule has 106 valence electrons. The fourth-order valence-corrected chi connectivity index (χ4v) is 2.55. The molecule has 0 saturated carbocycles. The average molecular weight is 334 g/mol. The highest BCUT2D eigenvalue weighted by Gasteiger charge is 2.09. The molecule has 0 bridgehead atoms. The molecular weight excluding hydrogens is 314 g/mol. The van der Waals surface area contributed by atoms with E-state index in [9.17, 15) is 5.11 Å². The minimum absolute atomic E-state index is 0.303. The van der Waals surface area contributed by atoms with E-state index in [2.05, 4.69) is 52.4 Å². The monoisotopic (exact) mass is 333 g/mol. The zero-order valence-electron chi connectivity index (χ0n) is 12.1. The number of aryl methyl sites for hydroxylation is 1. The van der Waals surface area contributed by atoms with E-state index in [0.717, 1.165) is 27.7 Å². The Hall–Kier alpha value is -1.48. The number of halogens is 1. The van der Waals surface area contributed by atoms with Crippen molar-refractivity contribution < 1.29 is 5.11 Å². The minimum Gasteiger partial charge on any atom is -0.507 e. The SMILES string of the molecule is Cc1ccc(NC(C)Cc2ccc(Br)cc2)c(C)c1O. The molecule has 0 heterocycles. The van der Waals surface area contributed by atoms with Gasteiger partial charge in [0.25, 0.3) is 0 Å². The van der Waals surface area contributed by atoms with Crippen LogP contribution in [0.25, 0.3) is 0 Å². The number of benzene rings is 2. The van der Waals surface area contributed by atoms with Crippen LogP contribution < -0.4 is 5.32 Å². The Kier molecular flexibility index (Phi) is 4.71. The predicted octanol–water partition coefficient (Wildman–Crippen LogP) is 4.81. The van der Waals surface area contributed by atoms with Gasteiger partial charge in [-0.05, 0) is 56.5 Å². The molecule has 0 radical (unpaired) electrons. The van der Waals surface area contributed by atoms with Crippen LogP contribution >= 0.6 is 15.9 Å². The molecule has 2 aromatic carbocycles. The fourth-order valence-electron chi connectivity index (χ4n) is 2.28. The summed E-state index contributed by atoms with van der Waals surface area (Å²) in [7, 11) is 0. The standard InChI is InChI=1S/C17H20BrNO/c1-11-4-9-16(13(3)17(11)20)19-12(2)10-14-5-7-15(18)8-6-14/h4-9,12,19-20H,10H2,1-3H3. The molecule has 1 unspecified atom stereocenters. The molecule has 2 nitrogen and oxygen atoms in total. The number of anilines is 1. The molecule has 0 aliphatic rings. The Balaban J connectivity index is 2.06. The number of nitrogens with one attached hydrogen (secondary N) is 1. The van der Waals surface area contributed by atoms with E-state index in [1.807, 2.05) is 26.0 Å². The summed E-state index contributed by atoms with van der Waals surface area (Å²) < 4.78 is 1.10. The van der Waals surface area contributed by atoms with Crippen LogP contribution in [0.4, 0.5) is 5.69 Å². The van der Waals surface area contributed by atoms with Gasteiger partial charge in [0.2, 0.25) is 0 Å². The molecule has 2 rings (SSSR count). The number of phenols is 1. The highest BCUT2D eigenvalue weighted by Crippen LogP contribution is 2.28. The molecule has 20 heavy (non-hydrogen) atoms. The van der Waals surface area contributed by atoms with E-state index in [4.69, 9.17) is 0 Å². The van der Waals surface area contributed by atoms with Gasteiger partial charge in [0.1, 0.15) is 5.75 Å². The third kappa shape index (κ3) is 3.54. The second kappa shape index (κ2) is 6.31. The summed E-state index contributed by atoms with van der Waals surface area (Å²) >= 11 is 3.45. The summed E-state index contributed by atoms with van der Waals surface area (Å²) in [5, 5.41) is 13.4. The molecule has 0 aliphatic carbocycles. The van der Waals surface area contributed by atoms with Crippen LogP contribution in [0.3, 0.4) is 0 Å². The van der Waals surface area contributed by atoms with Crippen molar-refractivity contribution in [2.45, 2.75) is 33.2 Å². The highest BCUT2D eigenvalue weighted by atomic mass is 79.9. The number of phenolic OH excluding ortho intramolecular Hbond substituents is 1. The largest absolute Gasteiger partial charge is 0.507 e. The molecular formula is C17H20BrNO. The highest BCUT2D eigenvalue weighted by molar-refractivity contribution is 9.10. The normalized spacial score (nSPS) is 12.2. The number of hydrogen-bond acceptors (Lipinski definition) is 2. The van der Waals surface area contributed by atoms with Gasteiger partial charge >= 0.3 is 0 Å². The van der Waals surface area contributed by atoms with E-state index < -0.39 is 0 Å². The summed E-state index contributed by atoms with van der Waals surface area (Å²) in [5.74, 6) is 0.380. The third-order valence-corrected chi connectivity index (χ3v) is 4.02. The average Bonchev–Trinajstić information content (AvgIpc) is 2.42. The van der Waals surface area contributed by atoms with Crippen molar-refractivity contribution in [1.82, 2.24) is 0 Å². The quantitative estimate of drug-likeness (QED) is 0.841. The first kappa shape index (κ1) is 14.9. The first-order valence-corrected chi connectivity index (χ1v) is 7.57. The number of hydrogen-bond donors (Lipinski definition) is 2. The maximum absolute atomic E-state index is 9.98. The van der Waals surface area contributed by atoms with Gasteiger partial charge in [-0.3, -0.25) is 0 Å². The third-order valence-electron chi connectivity index (χ3n) is 3.49. The number of rotatable bonds is 4. The maximum atomic E-state index is 9.98. The first-order valence-electron chi connectivity index (χ1n) is 6.77. The molecule has 1 atom stereocenters. The van der Waals surface area contributed by atoms with Gasteiger partial charge in [0, 0.05) is 21.8 Å². The van der Waals surface area contributed by atoms with Gasteiger partial charge < -0.3 is 10.4 Å². The molecule has 0 spiro atoms. The molecule has 0 amide bonds. The molecule has 0 saturated heterocycles. The van der Waals surface area contributed by atoms with Gasteiger partial charge in [-0.25, -0.2) is 0 Å². The lowest BCUT2D eigenvalue weighted by atomic mass is 10.0. The van der Waals surface area contributed by atoms with Crippen molar-refractivity contribution in [3.05, 3.63) is 57.6 Å². The van der Waals surface area contributed by atoms with Crippen molar-refractivity contribution in [3.63, 3.8) is 0 Å². The van der Waals surface area contributed by atoms with Crippen molar-refractivity contribution in [2.75, 3.05) is 5.32 Å². The molecule has 0 fully saturated rings. The molecule has 3 heteroatoms. The molecule has 0 aromatic heterocycles. The second-order valence-corrected chi connectivity index (χ2v) is 6.20. The first-order chi connectivity index (χ1) is 9.47. The Morgan fingerprint density at radius 1 is 1.10 bits per heavy atom. The van der Waals surface area contributed by atoms with Crippen molar-refractivity contribution in [2.24, 2.45) is 0 Å². The number of aromatic hydroxyl groups is 1. The summed E-state index contributed by atoms with van der Waals surface area (Å²) in [6.45, 7) is 6.01. The van der Waals surface area contributed by atoms with Crippen LogP contribution in [0.2, 0.25) is 0 Å². The van der Waals surface area contributed by atoms with Crippen molar-refractivity contribution in [3.8, 4) is 5.75 Å². The van der Waals surface area contributed by atoms with Crippen LogP contribution in [0, 0.1) is 13.8 Å². The molecule has 0 aliphatic heterocycles. The van der Waals surface area contributed by atoms with Gasteiger partial charge in [0.15, 0.2) is 0 Å². The molecule has 2 aromatic rings. The van der Waals surface area contributed by atoms with Gasteiger partial charge in [-0.1, -0.05) is 34.1 Å². The van der Waals surface area contributed by atoms with Crippen molar-refractivity contribution in [1.29, 1.82) is 0 Å². The van der Waals surface area contributed by atoms with Crippen LogP contribution in [0.15, 0.2) is 40.9 Å². The maximum Gasteiger partial charge on any atom is 0.123 e. The van der Waals surface area contributed by atoms with Crippen molar-refractivity contribution >= 4 is 21.6 Å². The van der Waals surface area contributed by atoms with Crippen LogP contribution in [-0.4, -0.2) is 11.1 Å². The van der Waals surface area contributed by atoms with E-state index in [0.29, 0.717) is 11.8 Å². The lowest BCUT2D eigenvalue weighted by Gasteiger charge is -2.18. The van der Waals surface area contributed by atoms with E-state index >= 15 is 0 Å². The molecule has 2 N–H and O–H groups in total. The Morgan fingerprint density at radius 2 is 1.75 bits per heavy atom. The van der Waals surface area contributed by atoms with Crippen LogP contribution in [-0.2, 0) is 6.42 Å². The Morgan fingerprint density at radius 3 is 2.40 bits per heavy atom. The predicted molar refractivity (Wildman–Crippen MR) is 88.5 cm³/mol. The zero-order chi connectivity index (χ0) is 14.7. The topological polar surface area (TPSA) is 32.3 Å². The van der Waals surface area contributed by atoms with Gasteiger partial charge in [0.05, 0.1) is 0 Å². The lowest BCUT2D eigenvalue weighted by molar-refractivity contribution is 0.467. The minimum atomic E-state index is 0.303. The second-order valence-electron chi connectivity index (χ2n) is 5.28. The zero-order valence-corrected chi connectivity index (χ0v) is 13.7. The van der Waals surface area contributed by atoms with Crippen LogP contribution in [0.1, 0.15) is 23.6 Å². The fraction of sp³-hybridized carbons (Fsp3) is 0.294. The lowest BCUT2D eigenvalue weighted by Crippen LogP contribution is -2.18. The summed E-state index contributed by atoms with van der Waals surface area (Å²) in [5.41, 5.74) is 4.11. The van der Waals surface area contributed by atoms with E-state index in [1.165, 1.54) is 5.56 Å². The van der Waals surface area contributed by atoms with E-state index in [1.54, 1.807) is 0 Å². The van der Waals surface area contributed by atoms with Gasteiger partial charge in [-0.2, -0.15) is 0 Å². The Bertz CT molecular complexity index is 593. The van der Waals surface area contributed by atoms with E-state index in [-0.39, 0.29) is 0 Å². The smallest absolute Gasteiger partial charge is 0.123 e. The van der Waals surface area contributed by atoms with Crippen LogP contribution in [0.5, 0.6) is 5.75 Å². The van der Waals surface area contributed by atoms with Gasteiger partial charge in [-0.15, -0.1) is 0 Å². The summed E-state index contributed by atoms with van der Waals surface area (Å²) in [6, 6.07) is 12.6.